The van der Waals surface area contributed by atoms with Gasteiger partial charge in [-0.1, -0.05) is 12.1 Å². The molecule has 1 amide bonds. The number of amides is 1. The second kappa shape index (κ2) is 7.85. The van der Waals surface area contributed by atoms with Crippen LogP contribution in [0.3, 0.4) is 0 Å². The minimum absolute atomic E-state index is 0.0686. The van der Waals surface area contributed by atoms with Gasteiger partial charge in [-0.2, -0.15) is 9.29 Å². The summed E-state index contributed by atoms with van der Waals surface area (Å²) in [6.45, 7) is 4.91. The molecule has 0 radical (unpaired) electrons. The van der Waals surface area contributed by atoms with Gasteiger partial charge >= 0.3 is 0 Å². The molecule has 2 aromatic heterocycles. The molecule has 142 valence electrons. The molecule has 0 bridgehead atoms. The summed E-state index contributed by atoms with van der Waals surface area (Å²) < 4.78 is 32.5. The predicted molar refractivity (Wildman–Crippen MR) is 97.1 cm³/mol. The van der Waals surface area contributed by atoms with Crippen LogP contribution in [0.4, 0.5) is 0 Å². The number of piperidine rings is 1. The van der Waals surface area contributed by atoms with Crippen LogP contribution < -0.4 is 5.32 Å². The van der Waals surface area contributed by atoms with Crippen molar-refractivity contribution in [2.75, 3.05) is 19.6 Å². The molecule has 3 rings (SSSR count). The average molecular weight is 399 g/mol. The molecule has 1 fully saturated rings. The third-order valence-corrected chi connectivity index (χ3v) is 7.54. The highest BCUT2D eigenvalue weighted by Crippen LogP contribution is 2.31. The zero-order chi connectivity index (χ0) is 18.7. The molecule has 10 heteroatoms. The van der Waals surface area contributed by atoms with Crippen LogP contribution in [0.25, 0.3) is 11.4 Å². The highest BCUT2D eigenvalue weighted by atomic mass is 32.2. The number of thiophene rings is 1. The maximum absolute atomic E-state index is 13.0. The Morgan fingerprint density at radius 3 is 3.00 bits per heavy atom. The first-order valence-electron chi connectivity index (χ1n) is 8.59. The molecule has 0 aromatic carbocycles. The number of nitrogens with zero attached hydrogens (tertiary/aromatic N) is 3. The minimum Gasteiger partial charge on any atom is -0.356 e. The molecule has 1 atom stereocenters. The molecule has 2 aromatic rings. The highest BCUT2D eigenvalue weighted by Gasteiger charge is 2.34. The number of sulfonamides is 1. The first kappa shape index (κ1) is 19.0. The topological polar surface area (TPSA) is 105 Å². The summed E-state index contributed by atoms with van der Waals surface area (Å²) in [5, 5.41) is 8.37. The van der Waals surface area contributed by atoms with Crippen LogP contribution in [0.15, 0.2) is 20.2 Å². The van der Waals surface area contributed by atoms with E-state index >= 15 is 0 Å². The van der Waals surface area contributed by atoms with Gasteiger partial charge in [0.05, 0.1) is 5.92 Å². The Bertz CT molecular complexity index is 874. The first-order chi connectivity index (χ1) is 12.4. The quantitative estimate of drug-likeness (QED) is 0.798. The van der Waals surface area contributed by atoms with E-state index < -0.39 is 10.0 Å². The van der Waals surface area contributed by atoms with Crippen LogP contribution in [-0.2, 0) is 14.8 Å². The van der Waals surface area contributed by atoms with Crippen molar-refractivity contribution >= 4 is 27.3 Å². The van der Waals surface area contributed by atoms with Gasteiger partial charge in [-0.3, -0.25) is 4.79 Å². The van der Waals surface area contributed by atoms with E-state index in [9.17, 15) is 13.2 Å². The SMILES string of the molecule is CCCNC(=O)[C@@H]1CCCN(S(=O)(=O)c2cc(-c3noc(C)n3)cs2)C1. The van der Waals surface area contributed by atoms with Crippen molar-refractivity contribution in [1.29, 1.82) is 0 Å². The van der Waals surface area contributed by atoms with Gasteiger partial charge in [0.1, 0.15) is 4.21 Å². The molecule has 1 aliphatic heterocycles. The fraction of sp³-hybridized carbons (Fsp3) is 0.562. The lowest BCUT2D eigenvalue weighted by atomic mass is 9.99. The summed E-state index contributed by atoms with van der Waals surface area (Å²) in [6, 6.07) is 1.56. The van der Waals surface area contributed by atoms with Gasteiger partial charge in [0.15, 0.2) is 0 Å². The van der Waals surface area contributed by atoms with Crippen molar-refractivity contribution in [2.45, 2.75) is 37.3 Å². The predicted octanol–water partition coefficient (Wildman–Crippen LogP) is 2.03. The summed E-state index contributed by atoms with van der Waals surface area (Å²) >= 11 is 1.13. The average Bonchev–Trinajstić information content (AvgIpc) is 3.29. The van der Waals surface area contributed by atoms with Crippen LogP contribution in [0.1, 0.15) is 32.1 Å². The zero-order valence-electron chi connectivity index (χ0n) is 14.8. The Morgan fingerprint density at radius 1 is 1.50 bits per heavy atom. The van der Waals surface area contributed by atoms with Gasteiger partial charge in [-0.05, 0) is 25.3 Å². The van der Waals surface area contributed by atoms with E-state index in [1.54, 1.807) is 18.4 Å². The van der Waals surface area contributed by atoms with E-state index in [1.807, 2.05) is 6.92 Å². The smallest absolute Gasteiger partial charge is 0.252 e. The summed E-state index contributed by atoms with van der Waals surface area (Å²) in [7, 11) is -3.64. The van der Waals surface area contributed by atoms with E-state index in [0.29, 0.717) is 43.2 Å². The Balaban J connectivity index is 1.75. The maximum Gasteiger partial charge on any atom is 0.252 e. The van der Waals surface area contributed by atoms with Gasteiger partial charge in [-0.25, -0.2) is 8.42 Å². The number of carbonyl (C=O) groups is 1. The molecule has 3 heterocycles. The van der Waals surface area contributed by atoms with Gasteiger partial charge < -0.3 is 9.84 Å². The molecule has 1 aliphatic rings. The number of aryl methyl sites for hydroxylation is 1. The molecule has 0 saturated carbocycles. The number of carbonyl (C=O) groups excluding carboxylic acids is 1. The van der Waals surface area contributed by atoms with Crippen molar-refractivity contribution in [3.05, 3.63) is 17.3 Å². The monoisotopic (exact) mass is 398 g/mol. The molecular weight excluding hydrogens is 376 g/mol. The van der Waals surface area contributed by atoms with E-state index in [1.165, 1.54) is 4.31 Å². The van der Waals surface area contributed by atoms with E-state index in [0.717, 1.165) is 17.8 Å². The van der Waals surface area contributed by atoms with Crippen molar-refractivity contribution in [3.63, 3.8) is 0 Å². The zero-order valence-corrected chi connectivity index (χ0v) is 16.4. The first-order valence-corrected chi connectivity index (χ1v) is 10.9. The Kier molecular flexibility index (Phi) is 5.73. The van der Waals surface area contributed by atoms with Crippen molar-refractivity contribution in [1.82, 2.24) is 19.8 Å². The lowest BCUT2D eigenvalue weighted by Crippen LogP contribution is -2.45. The normalized spacial score (nSPS) is 18.8. The number of nitrogens with one attached hydrogen (secondary N) is 1. The molecular formula is C16H22N4O4S2. The third-order valence-electron chi connectivity index (χ3n) is 4.26. The number of hydrogen-bond acceptors (Lipinski definition) is 7. The maximum atomic E-state index is 13.0. The van der Waals surface area contributed by atoms with Crippen molar-refractivity contribution in [3.8, 4) is 11.4 Å². The molecule has 0 unspecified atom stereocenters. The second-order valence-corrected chi connectivity index (χ2v) is 9.36. The molecule has 8 nitrogen and oxygen atoms in total. The van der Waals surface area contributed by atoms with E-state index in [2.05, 4.69) is 15.5 Å². The minimum atomic E-state index is -3.64. The number of hydrogen-bond donors (Lipinski definition) is 1. The Morgan fingerprint density at radius 2 is 2.31 bits per heavy atom. The fourth-order valence-corrected chi connectivity index (χ4v) is 5.71. The molecule has 0 aliphatic carbocycles. The van der Waals surface area contributed by atoms with Gasteiger partial charge in [-0.15, -0.1) is 11.3 Å². The van der Waals surface area contributed by atoms with E-state index in [4.69, 9.17) is 4.52 Å². The second-order valence-electron chi connectivity index (χ2n) is 6.28. The molecule has 1 saturated heterocycles. The summed E-state index contributed by atoms with van der Waals surface area (Å²) in [5.74, 6) is 0.425. The van der Waals surface area contributed by atoms with Crippen molar-refractivity contribution in [2.24, 2.45) is 5.92 Å². The highest BCUT2D eigenvalue weighted by molar-refractivity contribution is 7.91. The lowest BCUT2D eigenvalue weighted by molar-refractivity contribution is -0.126. The summed E-state index contributed by atoms with van der Waals surface area (Å²) in [6.07, 6.45) is 2.24. The van der Waals surface area contributed by atoms with Crippen LogP contribution in [-0.4, -0.2) is 48.4 Å². The number of rotatable bonds is 6. The molecule has 26 heavy (non-hydrogen) atoms. The van der Waals surface area contributed by atoms with Gasteiger partial charge in [0.25, 0.3) is 10.0 Å². The molecule has 1 N–H and O–H groups in total. The summed E-state index contributed by atoms with van der Waals surface area (Å²) in [5.41, 5.74) is 0.611. The number of aromatic nitrogens is 2. The fourth-order valence-electron chi connectivity index (χ4n) is 2.88. The molecule has 0 spiro atoms. The van der Waals surface area contributed by atoms with Crippen LogP contribution >= 0.6 is 11.3 Å². The van der Waals surface area contributed by atoms with Crippen LogP contribution in [0.2, 0.25) is 0 Å². The largest absolute Gasteiger partial charge is 0.356 e. The lowest BCUT2D eigenvalue weighted by Gasteiger charge is -2.30. The van der Waals surface area contributed by atoms with Crippen molar-refractivity contribution < 1.29 is 17.7 Å². The van der Waals surface area contributed by atoms with Crippen LogP contribution in [0, 0.1) is 12.8 Å². The Hall–Kier alpha value is -1.78. The standard InChI is InChI=1S/C16H22N4O4S2/c1-3-6-17-16(21)12-5-4-7-20(9-12)26(22,23)14-8-13(10-25-14)15-18-11(2)24-19-15/h8,10,12H,3-7,9H2,1-2H3,(H,17,21)/t12-/m1/s1. The van der Waals surface area contributed by atoms with Crippen LogP contribution in [0.5, 0.6) is 0 Å². The summed E-state index contributed by atoms with van der Waals surface area (Å²) in [4.78, 5) is 16.3. The van der Waals surface area contributed by atoms with Gasteiger partial charge in [0, 0.05) is 37.5 Å². The van der Waals surface area contributed by atoms with E-state index in [-0.39, 0.29) is 22.6 Å². The van der Waals surface area contributed by atoms with Gasteiger partial charge in [0.2, 0.25) is 17.6 Å². The third kappa shape index (κ3) is 3.97. The Labute approximate surface area is 156 Å².